The number of fused-ring (bicyclic) bond motifs is 1. The number of nitrogens with zero attached hydrogens (tertiary/aromatic N) is 6. The number of nitrogens with one attached hydrogen (secondary N) is 1. The fraction of sp³-hybridized carbons (Fsp3) is 0.650. The number of carbonyl (C=O) groups is 2. The van der Waals surface area contributed by atoms with E-state index in [0.29, 0.717) is 75.1 Å². The highest BCUT2D eigenvalue weighted by molar-refractivity contribution is 7.69. The van der Waals surface area contributed by atoms with Crippen molar-refractivity contribution in [3.8, 4) is 0 Å². The Morgan fingerprint density at radius 3 is 2.29 bits per heavy atom. The molecule has 0 saturated carbocycles. The maximum atomic E-state index is 14.4. The predicted molar refractivity (Wildman–Crippen MR) is 192 cm³/mol. The van der Waals surface area contributed by atoms with E-state index in [1.807, 2.05) is 5.01 Å². The molecule has 41 heavy (non-hydrogen) atoms. The highest BCUT2D eigenvalue weighted by Gasteiger charge is 2.33. The number of carbonyl (C=O) groups excluding carboxylic acids is 2. The van der Waals surface area contributed by atoms with E-state index in [-0.39, 0.29) is 11.6 Å². The first kappa shape index (κ1) is 31.9. The van der Waals surface area contributed by atoms with Crippen LogP contribution in [0.4, 0.5) is 5.82 Å². The van der Waals surface area contributed by atoms with Crippen molar-refractivity contribution in [1.82, 2.24) is 24.7 Å². The summed E-state index contributed by atoms with van der Waals surface area (Å²) in [5.41, 5.74) is 4.65. The second kappa shape index (κ2) is 14.0. The van der Waals surface area contributed by atoms with Crippen molar-refractivity contribution < 1.29 is 9.59 Å². The van der Waals surface area contributed by atoms with Gasteiger partial charge in [-0.3, -0.25) is 19.9 Å². The van der Waals surface area contributed by atoms with E-state index < -0.39 is 6.04 Å². The van der Waals surface area contributed by atoms with Crippen molar-refractivity contribution in [3.63, 3.8) is 0 Å². The van der Waals surface area contributed by atoms with Crippen molar-refractivity contribution >= 4 is 108 Å². The maximum absolute atomic E-state index is 14.4. The van der Waals surface area contributed by atoms with Crippen LogP contribution in [-0.2, 0) is 22.4 Å². The van der Waals surface area contributed by atoms with Crippen molar-refractivity contribution in [2.75, 3.05) is 23.5 Å². The van der Waals surface area contributed by atoms with Gasteiger partial charge in [0.15, 0.2) is 5.82 Å². The van der Waals surface area contributed by atoms with E-state index in [4.69, 9.17) is 10.2 Å². The first-order valence-corrected chi connectivity index (χ1v) is 15.8. The molecule has 0 unspecified atom stereocenters. The monoisotopic (exact) mass is 547 g/mol. The van der Waals surface area contributed by atoms with Crippen LogP contribution in [0.25, 0.3) is 10.9 Å². The predicted octanol–water partition coefficient (Wildman–Crippen LogP) is -6.53. The van der Waals surface area contributed by atoms with Gasteiger partial charge in [0, 0.05) is 44.5 Å². The summed E-state index contributed by atoms with van der Waals surface area (Å²) >= 11 is 0. The van der Waals surface area contributed by atoms with Crippen LogP contribution in [0, 0.1) is 0 Å². The molecular formula is C20H40B11N7O3. The molecule has 2 aromatic heterocycles. The zero-order chi connectivity index (χ0) is 29.8. The minimum Gasteiger partial charge on any atom is -0.302 e. The Labute approximate surface area is 251 Å². The molecule has 2 aromatic rings. The summed E-state index contributed by atoms with van der Waals surface area (Å²) in [4.78, 5) is 39.5. The van der Waals surface area contributed by atoms with Crippen LogP contribution in [0.15, 0.2) is 4.79 Å². The Bertz CT molecular complexity index is 1280. The van der Waals surface area contributed by atoms with Crippen LogP contribution in [0.1, 0.15) is 38.3 Å². The molecule has 1 N–H and O–H groups in total. The number of hydrogen-bond donors (Lipinski definition) is 1. The molecule has 2 fully saturated rings. The van der Waals surface area contributed by atoms with Gasteiger partial charge in [0.1, 0.15) is 30.7 Å². The van der Waals surface area contributed by atoms with Gasteiger partial charge in [0.2, 0.25) is 0 Å². The molecule has 206 valence electrons. The second-order valence-corrected chi connectivity index (χ2v) is 13.2. The number of anilines is 1. The summed E-state index contributed by atoms with van der Waals surface area (Å²) in [6.07, 6.45) is 9.63. The molecule has 10 nitrogen and oxygen atoms in total. The fourth-order valence-electron chi connectivity index (χ4n) is 6.16. The Kier molecular flexibility index (Phi) is 10.9. The van der Waals surface area contributed by atoms with E-state index in [1.54, 1.807) is 5.01 Å². The summed E-state index contributed by atoms with van der Waals surface area (Å²) < 4.78 is 2.05. The molecule has 0 bridgehead atoms. The molecule has 2 aliphatic heterocycles. The number of aromatic nitrogens is 4. The van der Waals surface area contributed by atoms with Crippen LogP contribution in [0.5, 0.6) is 0 Å². The molecule has 4 heterocycles. The zero-order valence-electron chi connectivity index (χ0n) is 26.2. The molecule has 0 amide bonds. The molecule has 4 rings (SSSR count). The zero-order valence-corrected chi connectivity index (χ0v) is 26.2. The maximum Gasteiger partial charge on any atom is 0.297 e. The first-order valence-electron chi connectivity index (χ1n) is 15.8. The molecule has 2 atom stereocenters. The van der Waals surface area contributed by atoms with Gasteiger partial charge in [0.05, 0.1) is 64.5 Å². The number of aldehydes is 2. The van der Waals surface area contributed by atoms with Crippen molar-refractivity contribution in [2.45, 2.75) is 70.0 Å². The van der Waals surface area contributed by atoms with Gasteiger partial charge in [-0.2, -0.15) is 5.10 Å². The summed E-state index contributed by atoms with van der Waals surface area (Å²) in [7, 11) is 13.6. The van der Waals surface area contributed by atoms with E-state index >= 15 is 0 Å². The highest BCUT2D eigenvalue weighted by Crippen LogP contribution is 2.26. The number of hydrazine groups is 1. The summed E-state index contributed by atoms with van der Waals surface area (Å²) in [5.74, 6) is 0.464. The molecule has 2 saturated heterocycles. The van der Waals surface area contributed by atoms with Crippen molar-refractivity contribution in [3.05, 3.63) is 16.0 Å². The summed E-state index contributed by atoms with van der Waals surface area (Å²) in [5, 5.41) is 14.1. The van der Waals surface area contributed by atoms with Crippen LogP contribution >= 0.6 is 0 Å². The van der Waals surface area contributed by atoms with Gasteiger partial charge < -0.3 is 9.59 Å². The number of rotatable bonds is 14. The quantitative estimate of drug-likeness (QED) is 0.185. The SMILES string of the molecule is BB(CC)Cn1nc2c(NN3CCC[C@H]3C=O)nn(N3CCC[C@H]3C=O)c(=O)c2c1CB(CB(B)B(B)B)B(B)B. The number of hydrogen-bond acceptors (Lipinski definition) is 8. The Morgan fingerprint density at radius 1 is 0.976 bits per heavy atom. The van der Waals surface area contributed by atoms with Gasteiger partial charge in [-0.15, -0.1) is 16.1 Å². The lowest BCUT2D eigenvalue weighted by Gasteiger charge is -2.26. The van der Waals surface area contributed by atoms with Gasteiger partial charge in [-0.25, -0.2) is 5.01 Å². The standard InChI is InChI=1S/C20H40B11N7O3/c1-2-27(21)13-36-16(9-28(30(23)24)12-29(22)31(25)26)17-18(32-36)19(33-35-7-3-5-14(35)10-39)34-38(20(17)41)37-8-4-6-15(37)11-40/h10-11,14-15H,2-9,12-13,21-26H2,1H3,(H,33,34)/t14-,15-/m0/s1. The van der Waals surface area contributed by atoms with E-state index in [2.05, 4.69) is 63.5 Å². The van der Waals surface area contributed by atoms with Gasteiger partial charge in [0.25, 0.3) is 5.56 Å². The van der Waals surface area contributed by atoms with Gasteiger partial charge >= 0.3 is 0 Å². The fourth-order valence-corrected chi connectivity index (χ4v) is 6.16. The molecule has 2 aliphatic rings. The van der Waals surface area contributed by atoms with Crippen LogP contribution in [-0.4, -0.2) is 141 Å². The van der Waals surface area contributed by atoms with Crippen LogP contribution in [0.2, 0.25) is 12.5 Å². The van der Waals surface area contributed by atoms with E-state index in [1.165, 1.54) is 4.79 Å². The normalized spacial score (nSPS) is 18.9. The molecule has 0 spiro atoms. The lowest BCUT2D eigenvalue weighted by molar-refractivity contribution is -0.111. The molecular weight excluding hydrogens is 505 g/mol. The topological polar surface area (TPSA) is 105 Å². The van der Waals surface area contributed by atoms with Crippen LogP contribution < -0.4 is 16.0 Å². The average molecular weight is 546 g/mol. The minimum absolute atomic E-state index is 0.225. The molecule has 21 heteroatoms. The van der Waals surface area contributed by atoms with E-state index in [0.717, 1.165) is 56.4 Å². The Balaban J connectivity index is 1.92. The summed E-state index contributed by atoms with van der Waals surface area (Å²) in [6.45, 7) is 4.79. The largest absolute Gasteiger partial charge is 0.302 e. The summed E-state index contributed by atoms with van der Waals surface area (Å²) in [6, 6.07) is -0.653. The lowest BCUT2D eigenvalue weighted by atomic mass is 8.79. The molecule has 0 radical (unpaired) electrons. The van der Waals surface area contributed by atoms with Crippen LogP contribution in [0.3, 0.4) is 0 Å². The first-order chi connectivity index (χ1) is 19.6. The average Bonchev–Trinajstić information content (AvgIpc) is 3.68. The molecule has 0 aliphatic carbocycles. The van der Waals surface area contributed by atoms with Crippen molar-refractivity contribution in [1.29, 1.82) is 0 Å². The van der Waals surface area contributed by atoms with E-state index in [9.17, 15) is 14.4 Å². The van der Waals surface area contributed by atoms with Gasteiger partial charge in [-0.05, 0) is 32.0 Å². The lowest BCUT2D eigenvalue weighted by Crippen LogP contribution is -2.49. The minimum atomic E-state index is -0.395. The second-order valence-electron chi connectivity index (χ2n) is 13.2. The third-order valence-corrected chi connectivity index (χ3v) is 9.64. The smallest absolute Gasteiger partial charge is 0.297 e. The molecule has 0 aromatic carbocycles. The Morgan fingerprint density at radius 2 is 1.66 bits per heavy atom. The highest BCUT2D eigenvalue weighted by atomic mass is 16.2. The van der Waals surface area contributed by atoms with Gasteiger partial charge in [-0.1, -0.05) is 13.2 Å². The third-order valence-electron chi connectivity index (χ3n) is 9.64. The Hall–Kier alpha value is -2.04. The van der Waals surface area contributed by atoms with Crippen molar-refractivity contribution in [2.24, 2.45) is 0 Å². The third kappa shape index (κ3) is 6.97.